The van der Waals surface area contributed by atoms with Gasteiger partial charge in [-0.25, -0.2) is 14.8 Å². The van der Waals surface area contributed by atoms with Gasteiger partial charge < -0.3 is 21.1 Å². The molecule has 9 rings (SSSR count). The van der Waals surface area contributed by atoms with Gasteiger partial charge in [-0.1, -0.05) is 11.6 Å². The second kappa shape index (κ2) is 15.5. The Morgan fingerprint density at radius 1 is 0.828 bits per heavy atom. The molecule has 0 atom stereocenters. The molecule has 0 radical (unpaired) electrons. The molecule has 5 amide bonds. The van der Waals surface area contributed by atoms with E-state index < -0.39 is 17.6 Å². The highest BCUT2D eigenvalue weighted by Gasteiger charge is 2.38. The summed E-state index contributed by atoms with van der Waals surface area (Å²) in [6.45, 7) is 5.41. The van der Waals surface area contributed by atoms with Crippen molar-refractivity contribution < 1.29 is 28.7 Å². The summed E-state index contributed by atoms with van der Waals surface area (Å²) in [5, 5.41) is 20.6. The Morgan fingerprint density at radius 3 is 1.91 bits per heavy atom. The number of hydrogen-bond acceptors (Lipinski definition) is 13. The Morgan fingerprint density at radius 2 is 1.38 bits per heavy atom. The highest BCUT2D eigenvalue weighted by Crippen LogP contribution is 2.35. The Hall–Kier alpha value is -5.88. The molecule has 58 heavy (non-hydrogen) atoms. The third-order valence-corrected chi connectivity index (χ3v) is 10.4. The lowest BCUT2D eigenvalue weighted by molar-refractivity contribution is -0.125. The Bertz CT molecular complexity index is 2400. The number of ether oxygens (including phenoxy) is 1. The minimum Gasteiger partial charge on any atom is -0.443 e. The fourth-order valence-corrected chi connectivity index (χ4v) is 7.25. The first-order valence-electron chi connectivity index (χ1n) is 19.5. The number of halogens is 1. The summed E-state index contributed by atoms with van der Waals surface area (Å²) in [4.78, 5) is 70.2. The maximum Gasteiger partial charge on any atom is 0.416 e. The number of anilines is 3. The average molecular weight is 813 g/mol. The van der Waals surface area contributed by atoms with Gasteiger partial charge in [-0.15, -0.1) is 0 Å². The van der Waals surface area contributed by atoms with Crippen LogP contribution in [0.15, 0.2) is 35.7 Å². The molecule has 6 heterocycles. The smallest absolute Gasteiger partial charge is 0.416 e. The number of nitrogens with zero attached hydrogens (tertiary/aromatic N) is 7. The van der Waals surface area contributed by atoms with Crippen LogP contribution >= 0.6 is 11.6 Å². The summed E-state index contributed by atoms with van der Waals surface area (Å²) in [6.07, 6.45) is 14.1. The van der Waals surface area contributed by atoms with Crippen molar-refractivity contribution in [2.24, 2.45) is 5.73 Å². The van der Waals surface area contributed by atoms with Crippen molar-refractivity contribution in [1.29, 1.82) is 0 Å². The van der Waals surface area contributed by atoms with Crippen LogP contribution in [0.3, 0.4) is 0 Å². The molecule has 19 heteroatoms. The standard InChI is InChI=1S/C20H25N7O2.C19H20ClN5O4/c21-13-1-3-14(4-2-13)23-16-9-17(24-15-5-6-15)27-19(25-16)12(10-22-27)7-11-8-18(28)26-20(11)29;1-19(2,3)29-18(28)24(12-4-5-12)15-8-13(20)22-16-11(9-21-25(15)16)6-10-7-14(26)23-17(10)27/h7,9-10,13-15,24H,1-6,8,21H2,(H,23,25)(H,26,28,29);6,8-9,12H,4-5,7H2,1-3H3,(H,23,26,27)/b11-7+;10-6+. The number of nitrogens with two attached hydrogens (primary N) is 1. The number of carbonyl (C=O) groups is 5. The topological polar surface area (TPSA) is 232 Å². The molecule has 5 fully saturated rings. The van der Waals surface area contributed by atoms with E-state index in [1.54, 1.807) is 54.6 Å². The van der Waals surface area contributed by atoms with Crippen LogP contribution in [0.25, 0.3) is 23.4 Å². The number of hydrogen-bond donors (Lipinski definition) is 5. The summed E-state index contributed by atoms with van der Waals surface area (Å²) < 4.78 is 8.83. The van der Waals surface area contributed by atoms with Gasteiger partial charge >= 0.3 is 6.09 Å². The van der Waals surface area contributed by atoms with E-state index in [9.17, 15) is 24.0 Å². The second-order valence-electron chi connectivity index (χ2n) is 16.3. The van der Waals surface area contributed by atoms with E-state index in [1.807, 2.05) is 6.07 Å². The SMILES string of the molecule is CC(C)(C)OC(=O)N(c1cc(Cl)nc2c(/C=C3\CC(=O)NC3=O)cnn12)C1CC1.NC1CCC(Nc2cc(NC3CC3)n3ncc(/C=C4\CC(=O)NC4=O)c3n2)CC1. The highest BCUT2D eigenvalue weighted by molar-refractivity contribution is 6.30. The van der Waals surface area contributed by atoms with Gasteiger partial charge in [0.05, 0.1) is 25.2 Å². The van der Waals surface area contributed by atoms with Crippen LogP contribution in [0, 0.1) is 0 Å². The van der Waals surface area contributed by atoms with Crippen molar-refractivity contribution in [1.82, 2.24) is 39.8 Å². The summed E-state index contributed by atoms with van der Waals surface area (Å²) in [5.74, 6) is 0.683. The number of rotatable bonds is 8. The molecule has 0 unspecified atom stereocenters. The first-order valence-corrected chi connectivity index (χ1v) is 19.9. The van der Waals surface area contributed by atoms with Crippen molar-refractivity contribution in [3.63, 3.8) is 0 Å². The van der Waals surface area contributed by atoms with Gasteiger partial charge in [0.15, 0.2) is 11.3 Å². The number of nitrogens with one attached hydrogen (secondary N) is 4. The molecule has 18 nitrogen and oxygen atoms in total. The van der Waals surface area contributed by atoms with E-state index >= 15 is 0 Å². The molecule has 5 aliphatic rings. The maximum absolute atomic E-state index is 12.9. The van der Waals surface area contributed by atoms with Crippen LogP contribution in [-0.2, 0) is 23.9 Å². The van der Waals surface area contributed by atoms with Crippen LogP contribution in [0.2, 0.25) is 5.15 Å². The van der Waals surface area contributed by atoms with Crippen molar-refractivity contribution in [3.8, 4) is 0 Å². The molecule has 6 N–H and O–H groups in total. The van der Waals surface area contributed by atoms with Crippen molar-refractivity contribution in [3.05, 3.63) is 52.0 Å². The zero-order valence-corrected chi connectivity index (χ0v) is 33.1. The minimum absolute atomic E-state index is 0.00393. The molecule has 0 bridgehead atoms. The molecule has 3 saturated carbocycles. The van der Waals surface area contributed by atoms with Gasteiger partial charge in [-0.2, -0.15) is 19.2 Å². The van der Waals surface area contributed by atoms with Crippen LogP contribution in [0.1, 0.15) is 96.1 Å². The molecule has 304 valence electrons. The Labute approximate surface area is 338 Å². The fraction of sp³-hybridized carbons (Fsp3) is 0.462. The van der Waals surface area contributed by atoms with Gasteiger partial charge in [0.25, 0.3) is 11.8 Å². The largest absolute Gasteiger partial charge is 0.443 e. The van der Waals surface area contributed by atoms with Gasteiger partial charge in [-0.3, -0.25) is 34.7 Å². The van der Waals surface area contributed by atoms with Gasteiger partial charge in [-0.05, 0) is 84.3 Å². The number of aromatic nitrogens is 6. The molecule has 2 saturated heterocycles. The third kappa shape index (κ3) is 8.82. The van der Waals surface area contributed by atoms with E-state index in [1.165, 1.54) is 10.7 Å². The van der Waals surface area contributed by atoms with Crippen molar-refractivity contribution in [2.75, 3.05) is 15.5 Å². The first-order chi connectivity index (χ1) is 27.7. The van der Waals surface area contributed by atoms with E-state index in [-0.39, 0.29) is 41.8 Å². The van der Waals surface area contributed by atoms with Gasteiger partial charge in [0, 0.05) is 58.6 Å². The maximum atomic E-state index is 12.9. The van der Waals surface area contributed by atoms with Crippen LogP contribution in [0.4, 0.5) is 22.2 Å². The molecule has 2 aliphatic heterocycles. The summed E-state index contributed by atoms with van der Waals surface area (Å²) in [5.41, 5.74) is 8.41. The summed E-state index contributed by atoms with van der Waals surface area (Å²) in [6, 6.07) is 4.66. The van der Waals surface area contributed by atoms with Crippen molar-refractivity contribution in [2.45, 2.75) is 115 Å². The predicted octanol–water partition coefficient (Wildman–Crippen LogP) is 4.13. The Balaban J connectivity index is 0.000000162. The fourth-order valence-electron chi connectivity index (χ4n) is 7.07. The number of imide groups is 2. The van der Waals surface area contributed by atoms with Crippen molar-refractivity contribution >= 4 is 82.2 Å². The zero-order chi connectivity index (χ0) is 40.9. The third-order valence-electron chi connectivity index (χ3n) is 10.2. The molecular formula is C39H45ClN12O6. The van der Waals surface area contributed by atoms with E-state index in [0.29, 0.717) is 51.9 Å². The normalized spacial score (nSPS) is 22.3. The van der Waals surface area contributed by atoms with Gasteiger partial charge in [0.2, 0.25) is 11.8 Å². The molecule has 0 spiro atoms. The zero-order valence-electron chi connectivity index (χ0n) is 32.4. The Kier molecular flexibility index (Phi) is 10.4. The summed E-state index contributed by atoms with van der Waals surface area (Å²) >= 11 is 6.24. The lowest BCUT2D eigenvalue weighted by Crippen LogP contribution is -2.39. The number of carbonyl (C=O) groups excluding carboxylic acids is 5. The van der Waals surface area contributed by atoms with Crippen LogP contribution in [0.5, 0.6) is 0 Å². The average Bonchev–Trinajstić information content (AvgIpc) is 4.02. The van der Waals surface area contributed by atoms with E-state index in [4.69, 9.17) is 27.1 Å². The van der Waals surface area contributed by atoms with E-state index in [0.717, 1.165) is 68.6 Å². The van der Waals surface area contributed by atoms with E-state index in [2.05, 4.69) is 36.4 Å². The number of amides is 5. The monoisotopic (exact) mass is 812 g/mol. The number of fused-ring (bicyclic) bond motifs is 2. The van der Waals surface area contributed by atoms with Gasteiger partial charge in [0.1, 0.15) is 28.2 Å². The molecule has 3 aliphatic carbocycles. The van der Waals surface area contributed by atoms with Crippen LogP contribution < -0.4 is 31.9 Å². The quantitative estimate of drug-likeness (QED) is 0.0958. The molecule has 4 aromatic rings. The highest BCUT2D eigenvalue weighted by atomic mass is 35.5. The lowest BCUT2D eigenvalue weighted by atomic mass is 9.92. The molecule has 0 aromatic carbocycles. The minimum atomic E-state index is -0.651. The lowest BCUT2D eigenvalue weighted by Gasteiger charge is -2.27. The molecule has 4 aromatic heterocycles. The second-order valence-corrected chi connectivity index (χ2v) is 16.7. The predicted molar refractivity (Wildman–Crippen MR) is 215 cm³/mol. The summed E-state index contributed by atoms with van der Waals surface area (Å²) in [7, 11) is 0. The first kappa shape index (κ1) is 39.0. The molecular weight excluding hydrogens is 768 g/mol. The van der Waals surface area contributed by atoms with Crippen LogP contribution in [-0.4, -0.2) is 88.7 Å².